The molecule has 0 unspecified atom stereocenters. The van der Waals surface area contributed by atoms with E-state index in [0.29, 0.717) is 5.56 Å². The number of para-hydroxylation sites is 1. The molecule has 0 bridgehead atoms. The molecule has 0 amide bonds. The van der Waals surface area contributed by atoms with Crippen molar-refractivity contribution in [3.05, 3.63) is 60.7 Å². The summed E-state index contributed by atoms with van der Waals surface area (Å²) in [5.74, 6) is -0.321. The van der Waals surface area contributed by atoms with Crippen LogP contribution in [-0.4, -0.2) is 19.6 Å². The number of hydrogen-bond acceptors (Lipinski definition) is 5. The van der Waals surface area contributed by atoms with Gasteiger partial charge in [0.2, 0.25) is 0 Å². The Kier molecular flexibility index (Phi) is 3.56. The van der Waals surface area contributed by atoms with Crippen LogP contribution in [-0.2, 0) is 6.54 Å². The van der Waals surface area contributed by atoms with Crippen molar-refractivity contribution in [1.82, 2.24) is 9.78 Å². The van der Waals surface area contributed by atoms with E-state index in [1.165, 1.54) is 16.9 Å². The maximum absolute atomic E-state index is 10.9. The van der Waals surface area contributed by atoms with Crippen molar-refractivity contribution >= 4 is 27.4 Å². The maximum atomic E-state index is 10.9. The summed E-state index contributed by atoms with van der Waals surface area (Å²) in [7, 11) is 0. The van der Waals surface area contributed by atoms with Crippen LogP contribution in [0.5, 0.6) is 0 Å². The molecule has 9 heteroatoms. The van der Waals surface area contributed by atoms with Crippen molar-refractivity contribution in [2.75, 3.05) is 0 Å². The molecule has 1 aromatic heterocycles. The van der Waals surface area contributed by atoms with E-state index in [4.69, 9.17) is 0 Å². The van der Waals surface area contributed by atoms with Gasteiger partial charge in [0, 0.05) is 6.07 Å². The highest BCUT2D eigenvalue weighted by atomic mass is 79.9. The van der Waals surface area contributed by atoms with E-state index in [1.807, 2.05) is 0 Å². The molecule has 0 aliphatic rings. The molecule has 2 rings (SSSR count). The topological polar surface area (TPSA) is 104 Å². The Hall–Kier alpha value is -2.29. The van der Waals surface area contributed by atoms with Crippen molar-refractivity contribution < 1.29 is 9.85 Å². The molecule has 1 heterocycles. The highest BCUT2D eigenvalue weighted by molar-refractivity contribution is 9.10. The lowest BCUT2D eigenvalue weighted by atomic mass is 10.2. The highest BCUT2D eigenvalue weighted by Crippen LogP contribution is 2.24. The van der Waals surface area contributed by atoms with E-state index in [-0.39, 0.29) is 22.5 Å². The fourth-order valence-corrected chi connectivity index (χ4v) is 2.05. The third kappa shape index (κ3) is 2.76. The molecule has 0 saturated heterocycles. The number of benzene rings is 1. The molecular weight excluding hydrogens is 320 g/mol. The SMILES string of the molecule is O=[N+]([O-])c1ccccc1Cn1cc(Br)c([N+](=O)[O-])n1. The zero-order valence-electron chi connectivity index (χ0n) is 9.39. The van der Waals surface area contributed by atoms with E-state index in [1.54, 1.807) is 18.2 Å². The van der Waals surface area contributed by atoms with Crippen molar-refractivity contribution in [1.29, 1.82) is 0 Å². The van der Waals surface area contributed by atoms with E-state index >= 15 is 0 Å². The second-order valence-electron chi connectivity index (χ2n) is 3.64. The summed E-state index contributed by atoms with van der Waals surface area (Å²) < 4.78 is 1.51. The van der Waals surface area contributed by atoms with Crippen LogP contribution in [0.2, 0.25) is 0 Å². The lowest BCUT2D eigenvalue weighted by molar-refractivity contribution is -0.390. The normalized spacial score (nSPS) is 10.4. The highest BCUT2D eigenvalue weighted by Gasteiger charge is 2.20. The van der Waals surface area contributed by atoms with Gasteiger partial charge in [-0.25, -0.2) is 0 Å². The monoisotopic (exact) mass is 326 g/mol. The standard InChI is InChI=1S/C10H7BrN4O4/c11-8-6-13(12-10(8)15(18)19)5-7-3-1-2-4-9(7)14(16)17/h1-4,6H,5H2. The average Bonchev–Trinajstić information content (AvgIpc) is 2.71. The summed E-state index contributed by atoms with van der Waals surface area (Å²) in [6.07, 6.45) is 1.41. The van der Waals surface area contributed by atoms with Crippen molar-refractivity contribution in [3.8, 4) is 0 Å². The van der Waals surface area contributed by atoms with Gasteiger partial charge in [0.25, 0.3) is 5.69 Å². The molecule has 0 spiro atoms. The summed E-state index contributed by atoms with van der Waals surface area (Å²) in [5, 5.41) is 25.3. The number of halogens is 1. The molecular formula is C10H7BrN4O4. The van der Waals surface area contributed by atoms with Gasteiger partial charge >= 0.3 is 5.82 Å². The first-order chi connectivity index (χ1) is 8.99. The fourth-order valence-electron chi connectivity index (χ4n) is 1.59. The van der Waals surface area contributed by atoms with Crippen LogP contribution < -0.4 is 0 Å². The summed E-state index contributed by atoms with van der Waals surface area (Å²) in [6, 6.07) is 6.18. The third-order valence-electron chi connectivity index (χ3n) is 2.39. The van der Waals surface area contributed by atoms with Crippen LogP contribution in [0.3, 0.4) is 0 Å². The van der Waals surface area contributed by atoms with Gasteiger partial charge in [0.05, 0.1) is 28.3 Å². The van der Waals surface area contributed by atoms with Crippen LogP contribution in [0.4, 0.5) is 11.5 Å². The maximum Gasteiger partial charge on any atom is 0.404 e. The van der Waals surface area contributed by atoms with Crippen molar-refractivity contribution in [2.45, 2.75) is 6.54 Å². The largest absolute Gasteiger partial charge is 0.404 e. The Labute approximate surface area is 115 Å². The Morgan fingerprint density at radius 3 is 2.47 bits per heavy atom. The minimum atomic E-state index is -0.625. The zero-order valence-corrected chi connectivity index (χ0v) is 11.0. The second kappa shape index (κ2) is 5.14. The number of aromatic nitrogens is 2. The fraction of sp³-hybridized carbons (Fsp3) is 0.100. The van der Waals surface area contributed by atoms with Crippen LogP contribution in [0, 0.1) is 20.2 Å². The third-order valence-corrected chi connectivity index (χ3v) is 2.95. The predicted molar refractivity (Wildman–Crippen MR) is 68.8 cm³/mol. The summed E-state index contributed by atoms with van der Waals surface area (Å²) >= 11 is 3.02. The minimum Gasteiger partial charge on any atom is -0.358 e. The number of nitro benzene ring substituents is 1. The van der Waals surface area contributed by atoms with Crippen LogP contribution in [0.1, 0.15) is 5.56 Å². The van der Waals surface area contributed by atoms with E-state index in [2.05, 4.69) is 21.0 Å². The molecule has 1 aromatic carbocycles. The molecule has 0 fully saturated rings. The molecule has 0 aliphatic heterocycles. The Morgan fingerprint density at radius 1 is 1.21 bits per heavy atom. The Bertz CT molecular complexity index is 655. The zero-order chi connectivity index (χ0) is 14.0. The number of rotatable bonds is 4. The Balaban J connectivity index is 2.34. The summed E-state index contributed by atoms with van der Waals surface area (Å²) in [5.41, 5.74) is 0.383. The lowest BCUT2D eigenvalue weighted by Crippen LogP contribution is -2.04. The van der Waals surface area contributed by atoms with E-state index < -0.39 is 9.85 Å². The van der Waals surface area contributed by atoms with Crippen LogP contribution in [0.15, 0.2) is 34.9 Å². The van der Waals surface area contributed by atoms with E-state index in [9.17, 15) is 20.2 Å². The average molecular weight is 327 g/mol. The van der Waals surface area contributed by atoms with Gasteiger partial charge in [-0.05, 0) is 20.9 Å². The first kappa shape index (κ1) is 13.1. The summed E-state index contributed by atoms with van der Waals surface area (Å²) in [4.78, 5) is 20.4. The number of nitro groups is 2. The van der Waals surface area contributed by atoms with Gasteiger partial charge in [0.1, 0.15) is 4.47 Å². The number of nitrogens with zero attached hydrogens (tertiary/aromatic N) is 4. The molecule has 19 heavy (non-hydrogen) atoms. The number of hydrogen-bond donors (Lipinski definition) is 0. The van der Waals surface area contributed by atoms with Gasteiger partial charge in [-0.15, -0.1) is 0 Å². The Morgan fingerprint density at radius 2 is 1.89 bits per heavy atom. The molecule has 0 radical (unpaired) electrons. The molecule has 0 N–H and O–H groups in total. The second-order valence-corrected chi connectivity index (χ2v) is 4.50. The van der Waals surface area contributed by atoms with Gasteiger partial charge in [-0.3, -0.25) is 10.1 Å². The molecule has 8 nitrogen and oxygen atoms in total. The van der Waals surface area contributed by atoms with E-state index in [0.717, 1.165) is 0 Å². The van der Waals surface area contributed by atoms with Crippen LogP contribution >= 0.6 is 15.9 Å². The minimum absolute atomic E-state index is 0.0447. The van der Waals surface area contributed by atoms with Gasteiger partial charge in [-0.1, -0.05) is 18.2 Å². The molecule has 0 atom stereocenters. The van der Waals surface area contributed by atoms with Gasteiger partial charge in [0.15, 0.2) is 0 Å². The smallest absolute Gasteiger partial charge is 0.358 e. The van der Waals surface area contributed by atoms with Gasteiger partial charge in [-0.2, -0.15) is 4.68 Å². The molecule has 2 aromatic rings. The lowest BCUT2D eigenvalue weighted by Gasteiger charge is -1.99. The molecule has 0 saturated carbocycles. The molecule has 98 valence electrons. The predicted octanol–water partition coefficient (Wildman–Crippen LogP) is 2.51. The van der Waals surface area contributed by atoms with Crippen molar-refractivity contribution in [2.24, 2.45) is 0 Å². The first-order valence-electron chi connectivity index (χ1n) is 5.08. The summed E-state index contributed by atoms with van der Waals surface area (Å²) in [6.45, 7) is 0.0869. The quantitative estimate of drug-likeness (QED) is 0.634. The van der Waals surface area contributed by atoms with Gasteiger partial charge < -0.3 is 10.1 Å². The van der Waals surface area contributed by atoms with Crippen LogP contribution in [0.25, 0.3) is 0 Å². The first-order valence-corrected chi connectivity index (χ1v) is 5.88. The van der Waals surface area contributed by atoms with Crippen molar-refractivity contribution in [3.63, 3.8) is 0 Å². The molecule has 0 aliphatic carbocycles.